The zero-order chi connectivity index (χ0) is 10.3. The first-order valence-corrected chi connectivity index (χ1v) is 4.56. The summed E-state index contributed by atoms with van der Waals surface area (Å²) in [5.41, 5.74) is 0. The standard InChI is InChI=1S/C10H18O3/c1-5-8(6-2)9(7-3)13-10(11)12-4/h7-9H,3,5-6H2,1-2,4H3. The third-order valence-electron chi connectivity index (χ3n) is 2.14. The highest BCUT2D eigenvalue weighted by molar-refractivity contribution is 5.60. The molecule has 0 aromatic heterocycles. The van der Waals surface area contributed by atoms with E-state index in [1.807, 2.05) is 0 Å². The monoisotopic (exact) mass is 186 g/mol. The normalized spacial score (nSPS) is 12.3. The Labute approximate surface area is 79.7 Å². The predicted octanol–water partition coefficient (Wildman–Crippen LogP) is 2.76. The highest BCUT2D eigenvalue weighted by Crippen LogP contribution is 2.17. The van der Waals surface area contributed by atoms with Crippen molar-refractivity contribution >= 4 is 6.16 Å². The Kier molecular flexibility index (Phi) is 6.02. The molecular formula is C10H18O3. The van der Waals surface area contributed by atoms with E-state index in [0.717, 1.165) is 12.8 Å². The molecule has 3 nitrogen and oxygen atoms in total. The van der Waals surface area contributed by atoms with E-state index in [1.165, 1.54) is 7.11 Å². The number of ether oxygens (including phenoxy) is 2. The van der Waals surface area contributed by atoms with Crippen molar-refractivity contribution in [2.75, 3.05) is 7.11 Å². The van der Waals surface area contributed by atoms with Gasteiger partial charge in [-0.2, -0.15) is 0 Å². The zero-order valence-electron chi connectivity index (χ0n) is 8.58. The fourth-order valence-corrected chi connectivity index (χ4v) is 1.25. The quantitative estimate of drug-likeness (QED) is 0.489. The number of hydrogen-bond donors (Lipinski definition) is 0. The smallest absolute Gasteiger partial charge is 0.438 e. The molecule has 0 spiro atoms. The van der Waals surface area contributed by atoms with Gasteiger partial charge in [-0.05, 0) is 18.8 Å². The molecule has 0 aromatic carbocycles. The van der Waals surface area contributed by atoms with Crippen molar-refractivity contribution in [3.63, 3.8) is 0 Å². The minimum Gasteiger partial charge on any atom is -0.438 e. The van der Waals surface area contributed by atoms with Crippen LogP contribution >= 0.6 is 0 Å². The number of methoxy groups -OCH3 is 1. The number of rotatable bonds is 5. The lowest BCUT2D eigenvalue weighted by Crippen LogP contribution is -2.24. The molecular weight excluding hydrogens is 168 g/mol. The molecule has 1 unspecified atom stereocenters. The van der Waals surface area contributed by atoms with E-state index in [0.29, 0.717) is 5.92 Å². The van der Waals surface area contributed by atoms with E-state index in [-0.39, 0.29) is 6.10 Å². The van der Waals surface area contributed by atoms with Crippen molar-refractivity contribution in [3.8, 4) is 0 Å². The van der Waals surface area contributed by atoms with E-state index in [9.17, 15) is 4.79 Å². The van der Waals surface area contributed by atoms with Gasteiger partial charge in [0, 0.05) is 0 Å². The molecule has 0 saturated carbocycles. The lowest BCUT2D eigenvalue weighted by molar-refractivity contribution is 0.0311. The van der Waals surface area contributed by atoms with Gasteiger partial charge >= 0.3 is 6.16 Å². The minimum absolute atomic E-state index is 0.234. The molecule has 0 heterocycles. The average Bonchev–Trinajstić information content (AvgIpc) is 2.17. The van der Waals surface area contributed by atoms with Crippen LogP contribution in [0.5, 0.6) is 0 Å². The topological polar surface area (TPSA) is 35.5 Å². The summed E-state index contributed by atoms with van der Waals surface area (Å²) in [6.45, 7) is 7.75. The van der Waals surface area contributed by atoms with Gasteiger partial charge in [0.2, 0.25) is 0 Å². The Morgan fingerprint density at radius 3 is 2.31 bits per heavy atom. The van der Waals surface area contributed by atoms with Crippen LogP contribution in [-0.4, -0.2) is 19.4 Å². The third kappa shape index (κ3) is 3.97. The molecule has 1 atom stereocenters. The van der Waals surface area contributed by atoms with Gasteiger partial charge in [-0.3, -0.25) is 0 Å². The molecule has 0 rings (SSSR count). The highest BCUT2D eigenvalue weighted by Gasteiger charge is 2.19. The fourth-order valence-electron chi connectivity index (χ4n) is 1.25. The largest absolute Gasteiger partial charge is 0.508 e. The van der Waals surface area contributed by atoms with Crippen LogP contribution in [0.3, 0.4) is 0 Å². The first kappa shape index (κ1) is 12.0. The first-order valence-electron chi connectivity index (χ1n) is 4.56. The Morgan fingerprint density at radius 2 is 2.00 bits per heavy atom. The van der Waals surface area contributed by atoms with Gasteiger partial charge in [-0.1, -0.05) is 26.5 Å². The third-order valence-corrected chi connectivity index (χ3v) is 2.14. The summed E-state index contributed by atoms with van der Waals surface area (Å²) in [7, 11) is 1.30. The molecule has 0 bridgehead atoms. The maximum atomic E-state index is 10.8. The summed E-state index contributed by atoms with van der Waals surface area (Å²) >= 11 is 0. The predicted molar refractivity (Wildman–Crippen MR) is 51.5 cm³/mol. The van der Waals surface area contributed by atoms with Gasteiger partial charge in [0.15, 0.2) is 0 Å². The maximum Gasteiger partial charge on any atom is 0.508 e. The molecule has 0 radical (unpaired) electrons. The van der Waals surface area contributed by atoms with Crippen LogP contribution in [0.25, 0.3) is 0 Å². The average molecular weight is 186 g/mol. The SMILES string of the molecule is C=CC(OC(=O)OC)C(CC)CC. The maximum absolute atomic E-state index is 10.8. The van der Waals surface area contributed by atoms with Gasteiger partial charge in [0.25, 0.3) is 0 Å². The van der Waals surface area contributed by atoms with Gasteiger partial charge in [-0.25, -0.2) is 4.79 Å². The van der Waals surface area contributed by atoms with Crippen LogP contribution in [0, 0.1) is 5.92 Å². The van der Waals surface area contributed by atoms with Gasteiger partial charge in [0.1, 0.15) is 6.10 Å². The summed E-state index contributed by atoms with van der Waals surface area (Å²) in [5.74, 6) is 0.330. The van der Waals surface area contributed by atoms with Crippen LogP contribution in [0.15, 0.2) is 12.7 Å². The Hall–Kier alpha value is -0.990. The van der Waals surface area contributed by atoms with Crippen molar-refractivity contribution in [1.82, 2.24) is 0 Å². The van der Waals surface area contributed by atoms with Crippen LogP contribution in [0.2, 0.25) is 0 Å². The molecule has 0 aliphatic rings. The molecule has 0 saturated heterocycles. The second-order valence-corrected chi connectivity index (χ2v) is 2.85. The van der Waals surface area contributed by atoms with E-state index < -0.39 is 6.16 Å². The molecule has 0 N–H and O–H groups in total. The van der Waals surface area contributed by atoms with Crippen molar-refractivity contribution < 1.29 is 14.3 Å². The van der Waals surface area contributed by atoms with Gasteiger partial charge in [-0.15, -0.1) is 0 Å². The van der Waals surface area contributed by atoms with Crippen molar-refractivity contribution in [2.24, 2.45) is 5.92 Å². The summed E-state index contributed by atoms with van der Waals surface area (Å²) in [6, 6.07) is 0. The van der Waals surface area contributed by atoms with E-state index in [1.54, 1.807) is 6.08 Å². The van der Waals surface area contributed by atoms with Crippen LogP contribution in [0.1, 0.15) is 26.7 Å². The second kappa shape index (κ2) is 6.52. The molecule has 0 aromatic rings. The van der Waals surface area contributed by atoms with Crippen molar-refractivity contribution in [1.29, 1.82) is 0 Å². The zero-order valence-corrected chi connectivity index (χ0v) is 8.58. The molecule has 0 fully saturated rings. The summed E-state index contributed by atoms with van der Waals surface area (Å²) in [4.78, 5) is 10.8. The molecule has 0 amide bonds. The molecule has 3 heteroatoms. The summed E-state index contributed by atoms with van der Waals surface area (Å²) < 4.78 is 9.43. The minimum atomic E-state index is -0.642. The molecule has 13 heavy (non-hydrogen) atoms. The van der Waals surface area contributed by atoms with Crippen LogP contribution in [0.4, 0.5) is 4.79 Å². The van der Waals surface area contributed by atoms with Gasteiger partial charge in [0.05, 0.1) is 7.11 Å². The number of hydrogen-bond acceptors (Lipinski definition) is 3. The summed E-state index contributed by atoms with van der Waals surface area (Å²) in [6.07, 6.45) is 2.70. The Balaban J connectivity index is 4.14. The number of carbonyl (C=O) groups excluding carboxylic acids is 1. The second-order valence-electron chi connectivity index (χ2n) is 2.85. The fraction of sp³-hybridized carbons (Fsp3) is 0.700. The van der Waals surface area contributed by atoms with Gasteiger partial charge < -0.3 is 9.47 Å². The Morgan fingerprint density at radius 1 is 1.46 bits per heavy atom. The summed E-state index contributed by atoms with van der Waals surface area (Å²) in [5, 5.41) is 0. The lowest BCUT2D eigenvalue weighted by Gasteiger charge is -2.21. The Bertz CT molecular complexity index is 162. The van der Waals surface area contributed by atoms with Crippen LogP contribution < -0.4 is 0 Å². The number of carbonyl (C=O) groups is 1. The van der Waals surface area contributed by atoms with Crippen molar-refractivity contribution in [2.45, 2.75) is 32.8 Å². The first-order chi connectivity index (χ1) is 6.19. The molecule has 0 aliphatic carbocycles. The lowest BCUT2D eigenvalue weighted by atomic mass is 9.97. The highest BCUT2D eigenvalue weighted by atomic mass is 16.7. The van der Waals surface area contributed by atoms with E-state index in [4.69, 9.17) is 4.74 Å². The van der Waals surface area contributed by atoms with E-state index >= 15 is 0 Å². The van der Waals surface area contributed by atoms with Crippen molar-refractivity contribution in [3.05, 3.63) is 12.7 Å². The van der Waals surface area contributed by atoms with Crippen LogP contribution in [-0.2, 0) is 9.47 Å². The molecule has 0 aliphatic heterocycles. The molecule has 76 valence electrons. The van der Waals surface area contributed by atoms with E-state index in [2.05, 4.69) is 25.2 Å².